The number of benzene rings is 2. The summed E-state index contributed by atoms with van der Waals surface area (Å²) in [6, 6.07) is 13.9. The lowest BCUT2D eigenvalue weighted by Gasteiger charge is -2.26. The van der Waals surface area contributed by atoms with E-state index < -0.39 is 0 Å². The number of nitrogens with zero attached hydrogens (tertiary/aromatic N) is 6. The third-order valence-corrected chi connectivity index (χ3v) is 6.68. The molecule has 10 nitrogen and oxygen atoms in total. The van der Waals surface area contributed by atoms with Gasteiger partial charge >= 0.3 is 0 Å². The maximum absolute atomic E-state index is 12.7. The highest BCUT2D eigenvalue weighted by Gasteiger charge is 2.19. The molecule has 41 heavy (non-hydrogen) atoms. The van der Waals surface area contributed by atoms with Gasteiger partial charge in [-0.05, 0) is 38.7 Å². The molecule has 0 spiro atoms. The van der Waals surface area contributed by atoms with Gasteiger partial charge in [0.1, 0.15) is 11.8 Å². The number of carbonyl (C=O) groups is 1. The van der Waals surface area contributed by atoms with Crippen molar-refractivity contribution in [3.8, 4) is 23.1 Å². The molecule has 0 radical (unpaired) electrons. The molecule has 0 fully saturated rings. The van der Waals surface area contributed by atoms with E-state index in [4.69, 9.17) is 9.72 Å². The van der Waals surface area contributed by atoms with Crippen LogP contribution in [0.2, 0.25) is 0 Å². The molecule has 0 aliphatic heterocycles. The SMILES string of the molecule is CC/C=C\C(=O)Nc1cc(Nc2ncc(C#N)c(-c3cn(C)c4ccccc34)n2)c(OC)cc1N(C)CCN(C)C. The Kier molecular flexibility index (Phi) is 9.22. The van der Waals surface area contributed by atoms with Gasteiger partial charge in [0.25, 0.3) is 0 Å². The van der Waals surface area contributed by atoms with Crippen molar-refractivity contribution >= 4 is 39.8 Å². The molecule has 2 aromatic heterocycles. The van der Waals surface area contributed by atoms with E-state index in [0.29, 0.717) is 34.3 Å². The molecule has 0 aliphatic rings. The zero-order chi connectivity index (χ0) is 29.5. The van der Waals surface area contributed by atoms with Crippen LogP contribution in [0.1, 0.15) is 18.9 Å². The largest absolute Gasteiger partial charge is 0.494 e. The van der Waals surface area contributed by atoms with Crippen molar-refractivity contribution in [3.63, 3.8) is 0 Å². The minimum absolute atomic E-state index is 0.224. The van der Waals surface area contributed by atoms with Crippen LogP contribution in [0, 0.1) is 11.3 Å². The average Bonchev–Trinajstić information content (AvgIpc) is 3.31. The molecule has 0 saturated carbocycles. The van der Waals surface area contributed by atoms with Crippen molar-refractivity contribution < 1.29 is 9.53 Å². The van der Waals surface area contributed by atoms with Gasteiger partial charge in [0, 0.05) is 55.9 Å². The highest BCUT2D eigenvalue weighted by molar-refractivity contribution is 6.02. The van der Waals surface area contributed by atoms with E-state index >= 15 is 0 Å². The molecule has 0 atom stereocenters. The van der Waals surface area contributed by atoms with E-state index in [9.17, 15) is 10.1 Å². The zero-order valence-corrected chi connectivity index (χ0v) is 24.4. The van der Waals surface area contributed by atoms with Crippen LogP contribution in [0.15, 0.2) is 60.9 Å². The Morgan fingerprint density at radius 3 is 2.66 bits per heavy atom. The Morgan fingerprint density at radius 2 is 1.95 bits per heavy atom. The topological polar surface area (TPSA) is 111 Å². The summed E-state index contributed by atoms with van der Waals surface area (Å²) in [5.41, 5.74) is 4.76. The summed E-state index contributed by atoms with van der Waals surface area (Å²) in [6.45, 7) is 3.55. The maximum atomic E-state index is 12.7. The number of hydrogen-bond donors (Lipinski definition) is 2. The molecule has 0 bridgehead atoms. The smallest absolute Gasteiger partial charge is 0.248 e. The summed E-state index contributed by atoms with van der Waals surface area (Å²) < 4.78 is 7.75. The summed E-state index contributed by atoms with van der Waals surface area (Å²) in [5.74, 6) is 0.624. The van der Waals surface area contributed by atoms with Crippen LogP contribution in [0.4, 0.5) is 23.0 Å². The van der Waals surface area contributed by atoms with Crippen molar-refractivity contribution in [1.82, 2.24) is 19.4 Å². The molecule has 0 unspecified atom stereocenters. The van der Waals surface area contributed by atoms with Gasteiger partial charge in [-0.3, -0.25) is 4.79 Å². The lowest BCUT2D eigenvalue weighted by molar-refractivity contribution is -0.111. The van der Waals surface area contributed by atoms with Gasteiger partial charge in [0.2, 0.25) is 11.9 Å². The van der Waals surface area contributed by atoms with Crippen molar-refractivity contribution in [2.45, 2.75) is 13.3 Å². The number of nitrogens with one attached hydrogen (secondary N) is 2. The number of para-hydroxylation sites is 1. The van der Waals surface area contributed by atoms with Crippen molar-refractivity contribution in [2.75, 3.05) is 56.9 Å². The Labute approximate surface area is 240 Å². The van der Waals surface area contributed by atoms with E-state index in [1.807, 2.05) is 88.4 Å². The molecule has 2 heterocycles. The minimum atomic E-state index is -0.224. The fourth-order valence-corrected chi connectivity index (χ4v) is 4.50. The molecule has 2 aromatic carbocycles. The first-order valence-electron chi connectivity index (χ1n) is 13.4. The van der Waals surface area contributed by atoms with E-state index in [-0.39, 0.29) is 5.91 Å². The third-order valence-electron chi connectivity index (χ3n) is 6.68. The van der Waals surface area contributed by atoms with Gasteiger partial charge in [-0.25, -0.2) is 9.97 Å². The molecule has 4 aromatic rings. The van der Waals surface area contributed by atoms with Crippen LogP contribution < -0.4 is 20.3 Å². The summed E-state index contributed by atoms with van der Waals surface area (Å²) in [6.07, 6.45) is 7.58. The highest BCUT2D eigenvalue weighted by Crippen LogP contribution is 2.38. The number of anilines is 4. The van der Waals surface area contributed by atoms with Crippen molar-refractivity contribution in [2.24, 2.45) is 7.05 Å². The summed E-state index contributed by atoms with van der Waals surface area (Å²) in [5, 5.41) is 17.1. The monoisotopic (exact) mass is 552 g/mol. The summed E-state index contributed by atoms with van der Waals surface area (Å²) >= 11 is 0. The number of nitriles is 1. The first-order chi connectivity index (χ1) is 19.7. The quantitative estimate of drug-likeness (QED) is 0.246. The predicted octanol–water partition coefficient (Wildman–Crippen LogP) is 5.16. The number of amides is 1. The average molecular weight is 553 g/mol. The third kappa shape index (κ3) is 6.65. The molecule has 1 amide bonds. The van der Waals surface area contributed by atoms with E-state index in [1.54, 1.807) is 7.11 Å². The number of fused-ring (bicyclic) bond motifs is 1. The van der Waals surface area contributed by atoms with Gasteiger partial charge in [0.05, 0.1) is 41.6 Å². The predicted molar refractivity (Wildman–Crippen MR) is 165 cm³/mol. The Hall–Kier alpha value is -4.88. The van der Waals surface area contributed by atoms with Gasteiger partial charge in [-0.15, -0.1) is 0 Å². The van der Waals surface area contributed by atoms with Gasteiger partial charge in [0.15, 0.2) is 0 Å². The molecule has 0 saturated heterocycles. The molecular weight excluding hydrogens is 516 g/mol. The summed E-state index contributed by atoms with van der Waals surface area (Å²) in [7, 11) is 9.57. The fraction of sp³-hybridized carbons (Fsp3) is 0.290. The Morgan fingerprint density at radius 1 is 1.17 bits per heavy atom. The molecule has 10 heteroatoms. The number of methoxy groups -OCH3 is 1. The van der Waals surface area contributed by atoms with E-state index in [1.165, 1.54) is 12.3 Å². The second-order valence-corrected chi connectivity index (χ2v) is 9.96. The van der Waals surface area contributed by atoms with Crippen molar-refractivity contribution in [1.29, 1.82) is 5.26 Å². The second kappa shape index (κ2) is 13.0. The number of rotatable bonds is 11. The van der Waals surface area contributed by atoms with Gasteiger partial charge < -0.3 is 29.7 Å². The lowest BCUT2D eigenvalue weighted by atomic mass is 10.1. The molecule has 2 N–H and O–H groups in total. The summed E-state index contributed by atoms with van der Waals surface area (Å²) in [4.78, 5) is 26.0. The zero-order valence-electron chi connectivity index (χ0n) is 24.4. The number of likely N-dealkylation sites (N-methyl/N-ethyl adjacent to an activating group) is 2. The van der Waals surface area contributed by atoms with Crippen LogP contribution in [0.5, 0.6) is 5.75 Å². The first kappa shape index (κ1) is 29.1. The minimum Gasteiger partial charge on any atom is -0.494 e. The van der Waals surface area contributed by atoms with E-state index in [0.717, 1.165) is 41.7 Å². The Balaban J connectivity index is 1.76. The van der Waals surface area contributed by atoms with Gasteiger partial charge in [-0.2, -0.15) is 5.26 Å². The molecule has 212 valence electrons. The lowest BCUT2D eigenvalue weighted by Crippen LogP contribution is -2.29. The van der Waals surface area contributed by atoms with Crippen molar-refractivity contribution in [3.05, 3.63) is 66.5 Å². The van der Waals surface area contributed by atoms with Crippen LogP contribution >= 0.6 is 0 Å². The highest BCUT2D eigenvalue weighted by atomic mass is 16.5. The van der Waals surface area contributed by atoms with E-state index in [2.05, 4.69) is 31.5 Å². The number of allylic oxidation sites excluding steroid dienone is 1. The van der Waals surface area contributed by atoms with Crippen LogP contribution in [0.3, 0.4) is 0 Å². The maximum Gasteiger partial charge on any atom is 0.248 e. The number of aromatic nitrogens is 3. The number of carbonyl (C=O) groups excluding carboxylic acids is 1. The normalized spacial score (nSPS) is 11.2. The Bertz CT molecular complexity index is 1620. The van der Waals surface area contributed by atoms with Crippen LogP contribution in [0.25, 0.3) is 22.2 Å². The fourth-order valence-electron chi connectivity index (χ4n) is 4.50. The standard InChI is InChI=1S/C31H36N8O2/c1-7-8-13-29(40)34-24-16-25(28(41-6)17-27(24)38(4)15-14-37(2)3)35-31-33-19-21(18-32)30(36-31)23-20-39(5)26-12-10-9-11-22(23)26/h8-13,16-17,19-20H,7,14-15H2,1-6H3,(H,34,40)(H,33,35,36)/b13-8-. The second-order valence-electron chi connectivity index (χ2n) is 9.96. The number of ether oxygens (including phenoxy) is 1. The van der Waals surface area contributed by atoms with Gasteiger partial charge in [-0.1, -0.05) is 31.2 Å². The van der Waals surface area contributed by atoms with Crippen LogP contribution in [-0.2, 0) is 11.8 Å². The number of aryl methyl sites for hydroxylation is 1. The molecular formula is C31H36N8O2. The molecule has 4 rings (SSSR count). The molecule has 0 aliphatic carbocycles. The number of hydrogen-bond acceptors (Lipinski definition) is 8. The van der Waals surface area contributed by atoms with Crippen LogP contribution in [-0.4, -0.2) is 66.7 Å². The first-order valence-corrected chi connectivity index (χ1v) is 13.4.